The van der Waals surface area contributed by atoms with Crippen LogP contribution in [-0.2, 0) is 4.79 Å². The summed E-state index contributed by atoms with van der Waals surface area (Å²) in [5.41, 5.74) is 2.00. The van der Waals surface area contributed by atoms with E-state index in [1.807, 2.05) is 50.5 Å². The van der Waals surface area contributed by atoms with Gasteiger partial charge in [0.1, 0.15) is 0 Å². The van der Waals surface area contributed by atoms with E-state index in [9.17, 15) is 4.79 Å². The van der Waals surface area contributed by atoms with Crippen molar-refractivity contribution < 1.29 is 4.79 Å². The van der Waals surface area contributed by atoms with Gasteiger partial charge in [-0.2, -0.15) is 0 Å². The molecule has 4 nitrogen and oxygen atoms in total. The van der Waals surface area contributed by atoms with Crippen molar-refractivity contribution in [3.8, 4) is 0 Å². The van der Waals surface area contributed by atoms with Gasteiger partial charge in [-0.25, -0.2) is 0 Å². The van der Waals surface area contributed by atoms with E-state index in [4.69, 9.17) is 11.6 Å². The van der Waals surface area contributed by atoms with Crippen LogP contribution in [0.25, 0.3) is 0 Å². The van der Waals surface area contributed by atoms with Crippen LogP contribution in [0.4, 0.5) is 0 Å². The number of pyridine rings is 1. The molecule has 0 radical (unpaired) electrons. The number of amides is 1. The molecular formula is C18H22ClN3O. The smallest absolute Gasteiger partial charge is 0.220 e. The Bertz CT molecular complexity index is 614. The van der Waals surface area contributed by atoms with Gasteiger partial charge in [-0.05, 0) is 62.5 Å². The molecule has 1 amide bonds. The Labute approximate surface area is 142 Å². The van der Waals surface area contributed by atoms with E-state index in [-0.39, 0.29) is 11.9 Å². The highest BCUT2D eigenvalue weighted by atomic mass is 35.5. The quantitative estimate of drug-likeness (QED) is 0.846. The van der Waals surface area contributed by atoms with E-state index in [1.54, 1.807) is 12.4 Å². The van der Waals surface area contributed by atoms with E-state index in [0.717, 1.165) is 24.1 Å². The first-order valence-electron chi connectivity index (χ1n) is 7.66. The molecule has 0 aliphatic rings. The molecule has 0 unspecified atom stereocenters. The molecule has 122 valence electrons. The molecular weight excluding hydrogens is 310 g/mol. The first-order chi connectivity index (χ1) is 11.1. The summed E-state index contributed by atoms with van der Waals surface area (Å²) in [6, 6.07) is 11.2. The van der Waals surface area contributed by atoms with Crippen molar-refractivity contribution in [3.05, 3.63) is 64.9 Å². The van der Waals surface area contributed by atoms with Gasteiger partial charge in [0.2, 0.25) is 5.91 Å². The number of carbonyl (C=O) groups excluding carboxylic acids is 1. The summed E-state index contributed by atoms with van der Waals surface area (Å²) in [5, 5.41) is 3.79. The van der Waals surface area contributed by atoms with Crippen molar-refractivity contribution in [2.24, 2.45) is 0 Å². The molecule has 1 aromatic heterocycles. The van der Waals surface area contributed by atoms with Crippen molar-refractivity contribution in [2.45, 2.75) is 18.9 Å². The van der Waals surface area contributed by atoms with E-state index in [0.29, 0.717) is 11.4 Å². The highest BCUT2D eigenvalue weighted by molar-refractivity contribution is 6.30. The Balaban J connectivity index is 2.11. The second kappa shape index (κ2) is 8.65. The van der Waals surface area contributed by atoms with Gasteiger partial charge >= 0.3 is 0 Å². The number of hydrogen-bond acceptors (Lipinski definition) is 3. The molecule has 0 saturated carbocycles. The topological polar surface area (TPSA) is 45.2 Å². The van der Waals surface area contributed by atoms with Crippen LogP contribution in [0.5, 0.6) is 0 Å². The number of carbonyl (C=O) groups is 1. The van der Waals surface area contributed by atoms with Gasteiger partial charge in [0.15, 0.2) is 0 Å². The lowest BCUT2D eigenvalue weighted by molar-refractivity contribution is -0.121. The Hall–Kier alpha value is -1.91. The predicted molar refractivity (Wildman–Crippen MR) is 93.5 cm³/mol. The lowest BCUT2D eigenvalue weighted by Gasteiger charge is -2.20. The van der Waals surface area contributed by atoms with Crippen molar-refractivity contribution in [1.29, 1.82) is 0 Å². The fourth-order valence-corrected chi connectivity index (χ4v) is 2.49. The van der Waals surface area contributed by atoms with Gasteiger partial charge in [0.05, 0.1) is 6.04 Å². The summed E-state index contributed by atoms with van der Waals surface area (Å²) < 4.78 is 0. The normalized spacial score (nSPS) is 12.2. The van der Waals surface area contributed by atoms with E-state index in [1.165, 1.54) is 0 Å². The van der Waals surface area contributed by atoms with E-state index >= 15 is 0 Å². The van der Waals surface area contributed by atoms with Crippen LogP contribution in [-0.4, -0.2) is 36.4 Å². The summed E-state index contributed by atoms with van der Waals surface area (Å²) in [4.78, 5) is 18.4. The Morgan fingerprint density at radius 3 is 2.35 bits per heavy atom. The largest absolute Gasteiger partial charge is 0.345 e. The first kappa shape index (κ1) is 17.4. The minimum atomic E-state index is -0.192. The first-order valence-corrected chi connectivity index (χ1v) is 8.03. The van der Waals surface area contributed by atoms with E-state index < -0.39 is 0 Å². The van der Waals surface area contributed by atoms with Gasteiger partial charge in [-0.15, -0.1) is 0 Å². The molecule has 2 aromatic rings. The number of nitrogens with zero attached hydrogens (tertiary/aromatic N) is 2. The maximum atomic E-state index is 12.3. The lowest BCUT2D eigenvalue weighted by Crippen LogP contribution is -2.29. The number of aromatic nitrogens is 1. The van der Waals surface area contributed by atoms with Crippen molar-refractivity contribution in [3.63, 3.8) is 0 Å². The van der Waals surface area contributed by atoms with Crippen LogP contribution >= 0.6 is 11.6 Å². The van der Waals surface area contributed by atoms with Crippen molar-refractivity contribution >= 4 is 17.5 Å². The zero-order chi connectivity index (χ0) is 16.7. The van der Waals surface area contributed by atoms with Crippen LogP contribution < -0.4 is 5.32 Å². The second-order valence-corrected chi connectivity index (χ2v) is 6.18. The third-order valence-electron chi connectivity index (χ3n) is 3.56. The molecule has 0 spiro atoms. The Morgan fingerprint density at radius 1 is 1.13 bits per heavy atom. The molecule has 0 bridgehead atoms. The van der Waals surface area contributed by atoms with Crippen molar-refractivity contribution in [1.82, 2.24) is 15.2 Å². The fraction of sp³-hybridized carbons (Fsp3) is 0.333. The Kier molecular flexibility index (Phi) is 6.56. The SMILES string of the molecule is CN(C)CCCC(=O)N[C@H](c1ccncc1)c1ccc(Cl)cc1. The predicted octanol–water partition coefficient (Wildman–Crippen LogP) is 3.28. The maximum Gasteiger partial charge on any atom is 0.220 e. The van der Waals surface area contributed by atoms with E-state index in [2.05, 4.69) is 15.2 Å². The summed E-state index contributed by atoms with van der Waals surface area (Å²) in [6.07, 6.45) is 4.81. The third kappa shape index (κ3) is 5.66. The zero-order valence-electron chi connectivity index (χ0n) is 13.5. The summed E-state index contributed by atoms with van der Waals surface area (Å²) in [5.74, 6) is 0.0450. The van der Waals surface area contributed by atoms with Crippen LogP contribution in [0.15, 0.2) is 48.8 Å². The molecule has 1 heterocycles. The number of rotatable bonds is 7. The molecule has 0 saturated heterocycles. The zero-order valence-corrected chi connectivity index (χ0v) is 14.3. The minimum Gasteiger partial charge on any atom is -0.345 e. The summed E-state index contributed by atoms with van der Waals surface area (Å²) in [6.45, 7) is 0.897. The molecule has 1 N–H and O–H groups in total. The third-order valence-corrected chi connectivity index (χ3v) is 3.81. The molecule has 23 heavy (non-hydrogen) atoms. The standard InChI is InChI=1S/C18H22ClN3O/c1-22(2)13-3-4-17(23)21-18(15-9-11-20-12-10-15)14-5-7-16(19)8-6-14/h5-12,18H,3-4,13H2,1-2H3,(H,21,23)/t18-/m0/s1. The van der Waals surface area contributed by atoms with Crippen LogP contribution in [0.3, 0.4) is 0 Å². The highest BCUT2D eigenvalue weighted by Gasteiger charge is 2.16. The van der Waals surface area contributed by atoms with Gasteiger partial charge in [-0.3, -0.25) is 9.78 Å². The van der Waals surface area contributed by atoms with Gasteiger partial charge in [0, 0.05) is 23.8 Å². The monoisotopic (exact) mass is 331 g/mol. The molecule has 2 rings (SSSR count). The summed E-state index contributed by atoms with van der Waals surface area (Å²) in [7, 11) is 4.01. The van der Waals surface area contributed by atoms with Crippen molar-refractivity contribution in [2.75, 3.05) is 20.6 Å². The average molecular weight is 332 g/mol. The molecule has 1 aromatic carbocycles. The lowest BCUT2D eigenvalue weighted by atomic mass is 9.99. The molecule has 1 atom stereocenters. The van der Waals surface area contributed by atoms with Crippen LogP contribution in [0.1, 0.15) is 30.0 Å². The molecule has 0 fully saturated rings. The Morgan fingerprint density at radius 2 is 1.74 bits per heavy atom. The van der Waals surface area contributed by atoms with Gasteiger partial charge < -0.3 is 10.2 Å². The molecule has 0 aliphatic heterocycles. The second-order valence-electron chi connectivity index (χ2n) is 5.74. The van der Waals surface area contributed by atoms with Gasteiger partial charge in [-0.1, -0.05) is 23.7 Å². The number of nitrogens with one attached hydrogen (secondary N) is 1. The van der Waals surface area contributed by atoms with Gasteiger partial charge in [0.25, 0.3) is 0 Å². The molecule has 5 heteroatoms. The van der Waals surface area contributed by atoms with Crippen LogP contribution in [0.2, 0.25) is 5.02 Å². The van der Waals surface area contributed by atoms with Crippen LogP contribution in [0, 0.1) is 0 Å². The number of benzene rings is 1. The molecule has 0 aliphatic carbocycles. The fourth-order valence-electron chi connectivity index (χ4n) is 2.36. The number of hydrogen-bond donors (Lipinski definition) is 1. The maximum absolute atomic E-state index is 12.3. The summed E-state index contributed by atoms with van der Waals surface area (Å²) >= 11 is 5.96. The number of halogens is 1. The highest BCUT2D eigenvalue weighted by Crippen LogP contribution is 2.23. The average Bonchev–Trinajstić information content (AvgIpc) is 2.54. The minimum absolute atomic E-state index is 0.0450.